The van der Waals surface area contributed by atoms with Crippen molar-refractivity contribution in [3.63, 3.8) is 0 Å². The van der Waals surface area contributed by atoms with Crippen LogP contribution in [0.1, 0.15) is 11.3 Å². The molecular formula is C17H18N4O2S. The van der Waals surface area contributed by atoms with Crippen LogP contribution in [-0.4, -0.2) is 18.1 Å². The number of nitrogen functional groups attached to an aromatic ring is 1. The van der Waals surface area contributed by atoms with Crippen LogP contribution in [-0.2, 0) is 6.54 Å². The van der Waals surface area contributed by atoms with Crippen LogP contribution in [0.3, 0.4) is 0 Å². The van der Waals surface area contributed by atoms with Crippen LogP contribution in [0.2, 0.25) is 0 Å². The first-order valence-electron chi connectivity index (χ1n) is 7.68. The monoisotopic (exact) mass is 342 g/mol. The second-order valence-corrected chi connectivity index (χ2v) is 6.45. The first-order valence-corrected chi connectivity index (χ1v) is 8.56. The van der Waals surface area contributed by atoms with Crippen LogP contribution in [0.25, 0.3) is 0 Å². The number of aromatic nitrogens is 1. The minimum atomic E-state index is -0.592. The van der Waals surface area contributed by atoms with Crippen molar-refractivity contribution >= 4 is 28.5 Å². The zero-order valence-corrected chi connectivity index (χ0v) is 13.9. The largest absolute Gasteiger partial charge is 0.394 e. The number of hydrogen-bond donors (Lipinski definition) is 2. The molecule has 7 heteroatoms. The molecular weight excluding hydrogens is 324 g/mol. The summed E-state index contributed by atoms with van der Waals surface area (Å²) in [6.07, 6.45) is 2.57. The molecule has 6 nitrogen and oxygen atoms in total. The predicted octanol–water partition coefficient (Wildman–Crippen LogP) is 1.83. The highest BCUT2D eigenvalue weighted by Gasteiger charge is 2.17. The third-order valence-electron chi connectivity index (χ3n) is 3.75. The minimum Gasteiger partial charge on any atom is -0.394 e. The fraction of sp³-hybridized carbons (Fsp3) is 0.235. The second-order valence-electron chi connectivity index (χ2n) is 5.42. The van der Waals surface area contributed by atoms with Gasteiger partial charge in [-0.15, -0.1) is 11.3 Å². The molecule has 0 bridgehead atoms. The van der Waals surface area contributed by atoms with Crippen molar-refractivity contribution < 1.29 is 0 Å². The van der Waals surface area contributed by atoms with Crippen molar-refractivity contribution in [1.29, 1.82) is 0 Å². The molecule has 2 heterocycles. The summed E-state index contributed by atoms with van der Waals surface area (Å²) < 4.78 is 0. The number of thiophene rings is 1. The van der Waals surface area contributed by atoms with Crippen LogP contribution in [0.4, 0.5) is 17.2 Å². The molecule has 0 saturated carbocycles. The van der Waals surface area contributed by atoms with E-state index in [1.165, 1.54) is 4.88 Å². The summed E-state index contributed by atoms with van der Waals surface area (Å²) in [5, 5.41) is 5.01. The number of hydrogen-bond acceptors (Lipinski definition) is 7. The first-order chi connectivity index (χ1) is 11.7. The van der Waals surface area contributed by atoms with E-state index in [9.17, 15) is 9.59 Å². The lowest BCUT2D eigenvalue weighted by Crippen LogP contribution is -2.37. The minimum absolute atomic E-state index is 0.0418. The molecule has 3 N–H and O–H groups in total. The van der Waals surface area contributed by atoms with Crippen LogP contribution in [0, 0.1) is 0 Å². The van der Waals surface area contributed by atoms with Crippen molar-refractivity contribution in [3.05, 3.63) is 67.2 Å². The van der Waals surface area contributed by atoms with E-state index >= 15 is 0 Å². The third-order valence-corrected chi connectivity index (χ3v) is 4.62. The number of nitrogens with one attached hydrogen (secondary N) is 1. The molecule has 2 aromatic heterocycles. The summed E-state index contributed by atoms with van der Waals surface area (Å²) in [6, 6.07) is 9.97. The molecule has 0 aliphatic heterocycles. The highest BCUT2D eigenvalue weighted by Crippen LogP contribution is 2.18. The number of pyridine rings is 1. The summed E-state index contributed by atoms with van der Waals surface area (Å²) in [7, 11) is 0. The van der Waals surface area contributed by atoms with E-state index in [-0.39, 0.29) is 11.4 Å². The van der Waals surface area contributed by atoms with Gasteiger partial charge in [0.1, 0.15) is 17.2 Å². The summed E-state index contributed by atoms with van der Waals surface area (Å²) in [5.41, 5.74) is 4.69. The maximum absolute atomic E-state index is 11.4. The Morgan fingerprint density at radius 2 is 2.04 bits per heavy atom. The van der Waals surface area contributed by atoms with Crippen molar-refractivity contribution in [2.75, 3.05) is 29.0 Å². The number of rotatable bonds is 8. The maximum Gasteiger partial charge on any atom is 0.253 e. The van der Waals surface area contributed by atoms with Gasteiger partial charge in [0.25, 0.3) is 10.9 Å². The first kappa shape index (κ1) is 16.2. The Hall–Kier alpha value is -2.67. The van der Waals surface area contributed by atoms with Gasteiger partial charge in [0.2, 0.25) is 0 Å². The van der Waals surface area contributed by atoms with Crippen LogP contribution >= 0.6 is 11.3 Å². The van der Waals surface area contributed by atoms with Gasteiger partial charge in [0, 0.05) is 24.2 Å². The second kappa shape index (κ2) is 7.27. The zero-order chi connectivity index (χ0) is 16.9. The zero-order valence-electron chi connectivity index (χ0n) is 13.1. The van der Waals surface area contributed by atoms with Crippen LogP contribution in [0.5, 0.6) is 0 Å². The van der Waals surface area contributed by atoms with Gasteiger partial charge in [0.05, 0.1) is 6.54 Å². The molecule has 0 unspecified atom stereocenters. The highest BCUT2D eigenvalue weighted by molar-refractivity contribution is 7.09. The molecule has 24 heavy (non-hydrogen) atoms. The molecule has 3 aromatic rings. The number of nitrogens with zero attached hydrogens (tertiary/aromatic N) is 2. The standard InChI is InChI=1S/C17H18N4O2S/c18-14-15(17(23)16(14)22)20-8-4-9-21(11-12-5-3-10-24-12)13-6-1-2-7-19-13/h1-3,5-7,10,20H,4,8-9,11,18H2. The molecule has 0 radical (unpaired) electrons. The molecule has 124 valence electrons. The topological polar surface area (TPSA) is 88.3 Å². The van der Waals surface area contributed by atoms with E-state index in [0.717, 1.165) is 25.3 Å². The van der Waals surface area contributed by atoms with Gasteiger partial charge in [-0.25, -0.2) is 4.98 Å². The fourth-order valence-corrected chi connectivity index (χ4v) is 3.19. The Morgan fingerprint density at radius 1 is 1.17 bits per heavy atom. The van der Waals surface area contributed by atoms with Gasteiger partial charge in [-0.1, -0.05) is 12.1 Å². The smallest absolute Gasteiger partial charge is 0.253 e. The molecule has 0 spiro atoms. The van der Waals surface area contributed by atoms with Crippen LogP contribution in [0.15, 0.2) is 51.5 Å². The van der Waals surface area contributed by atoms with Gasteiger partial charge >= 0.3 is 0 Å². The van der Waals surface area contributed by atoms with Gasteiger partial charge in [-0.2, -0.15) is 0 Å². The van der Waals surface area contributed by atoms with Gasteiger partial charge in [0.15, 0.2) is 0 Å². The molecule has 0 aliphatic rings. The summed E-state index contributed by atoms with van der Waals surface area (Å²) in [4.78, 5) is 30.3. The Balaban J connectivity index is 1.58. The van der Waals surface area contributed by atoms with E-state index < -0.39 is 10.9 Å². The van der Waals surface area contributed by atoms with E-state index in [0.29, 0.717) is 6.54 Å². The SMILES string of the molecule is Nc1c(NCCCN(Cc2cccs2)c2ccccn2)c(=O)c1=O. The quantitative estimate of drug-likeness (QED) is 0.480. The van der Waals surface area contributed by atoms with Crippen LogP contribution < -0.4 is 26.8 Å². The molecule has 0 amide bonds. The van der Waals surface area contributed by atoms with Crippen molar-refractivity contribution in [2.45, 2.75) is 13.0 Å². The highest BCUT2D eigenvalue weighted by atomic mass is 32.1. The van der Waals surface area contributed by atoms with Crippen molar-refractivity contribution in [2.24, 2.45) is 0 Å². The molecule has 0 fully saturated rings. The Bertz CT molecular complexity index is 855. The predicted molar refractivity (Wildman–Crippen MR) is 98.5 cm³/mol. The molecule has 0 aliphatic carbocycles. The summed E-state index contributed by atoms with van der Waals surface area (Å²) >= 11 is 1.71. The summed E-state index contributed by atoms with van der Waals surface area (Å²) in [6.45, 7) is 2.14. The third kappa shape index (κ3) is 3.46. The van der Waals surface area contributed by atoms with E-state index in [4.69, 9.17) is 5.73 Å². The average molecular weight is 342 g/mol. The Kier molecular flexibility index (Phi) is 4.90. The Morgan fingerprint density at radius 3 is 2.71 bits per heavy atom. The van der Waals surface area contributed by atoms with Crippen molar-refractivity contribution in [3.8, 4) is 0 Å². The Labute approximate surface area is 143 Å². The number of nitrogens with two attached hydrogens (primary N) is 1. The fourth-order valence-electron chi connectivity index (χ4n) is 2.47. The molecule has 3 rings (SSSR count). The maximum atomic E-state index is 11.4. The van der Waals surface area contributed by atoms with E-state index in [2.05, 4.69) is 26.6 Å². The van der Waals surface area contributed by atoms with Gasteiger partial charge < -0.3 is 16.0 Å². The normalized spacial score (nSPS) is 10.8. The van der Waals surface area contributed by atoms with Gasteiger partial charge in [-0.05, 0) is 30.0 Å². The lowest BCUT2D eigenvalue weighted by atomic mass is 10.2. The molecule has 1 aromatic carbocycles. The molecule has 0 atom stereocenters. The van der Waals surface area contributed by atoms with Crippen molar-refractivity contribution in [1.82, 2.24) is 4.98 Å². The van der Waals surface area contributed by atoms with Gasteiger partial charge in [-0.3, -0.25) is 9.59 Å². The van der Waals surface area contributed by atoms with E-state index in [1.54, 1.807) is 17.5 Å². The average Bonchev–Trinajstić information content (AvgIpc) is 3.13. The summed E-state index contributed by atoms with van der Waals surface area (Å²) in [5.74, 6) is 0.916. The molecule has 0 saturated heterocycles. The lowest BCUT2D eigenvalue weighted by Gasteiger charge is -2.23. The number of anilines is 3. The lowest BCUT2D eigenvalue weighted by molar-refractivity contribution is 0.742. The van der Waals surface area contributed by atoms with E-state index in [1.807, 2.05) is 24.3 Å².